The van der Waals surface area contributed by atoms with Gasteiger partial charge in [-0.25, -0.2) is 0 Å². The molecule has 0 saturated heterocycles. The zero-order chi connectivity index (χ0) is 9.12. The molecule has 0 aliphatic heterocycles. The summed E-state index contributed by atoms with van der Waals surface area (Å²) in [5, 5.41) is 0. The van der Waals surface area contributed by atoms with Gasteiger partial charge in [-0.05, 0) is 32.6 Å². The molecule has 0 aliphatic rings. The van der Waals surface area contributed by atoms with Crippen LogP contribution in [0.3, 0.4) is 0 Å². The van der Waals surface area contributed by atoms with E-state index in [1.54, 1.807) is 0 Å². The van der Waals surface area contributed by atoms with E-state index in [0.717, 1.165) is 6.42 Å². The van der Waals surface area contributed by atoms with Crippen molar-refractivity contribution in [2.24, 2.45) is 5.41 Å². The fourth-order valence-corrected chi connectivity index (χ4v) is 0.542. The molecule has 0 bridgehead atoms. The summed E-state index contributed by atoms with van der Waals surface area (Å²) in [4.78, 5) is 0. The molecular formula is C10H21O. The quantitative estimate of drug-likeness (QED) is 0.597. The minimum absolute atomic E-state index is 0.0365. The van der Waals surface area contributed by atoms with E-state index in [9.17, 15) is 0 Å². The summed E-state index contributed by atoms with van der Waals surface area (Å²) in [6, 6.07) is 0. The molecule has 0 aromatic carbocycles. The average Bonchev–Trinajstić information content (AvgIpc) is 1.55. The van der Waals surface area contributed by atoms with Gasteiger partial charge in [0.15, 0.2) is 0 Å². The van der Waals surface area contributed by atoms with Crippen molar-refractivity contribution in [3.05, 3.63) is 6.61 Å². The monoisotopic (exact) mass is 157 g/mol. The van der Waals surface area contributed by atoms with Gasteiger partial charge in [0.2, 0.25) is 0 Å². The molecule has 0 saturated carbocycles. The molecule has 1 nitrogen and oxygen atoms in total. The van der Waals surface area contributed by atoms with Gasteiger partial charge in [-0.3, -0.25) is 0 Å². The van der Waals surface area contributed by atoms with Crippen molar-refractivity contribution in [2.45, 2.75) is 53.6 Å². The largest absolute Gasteiger partial charge is 0.370 e. The number of rotatable bonds is 2. The predicted molar refractivity (Wildman–Crippen MR) is 49.2 cm³/mol. The SMILES string of the molecule is CC(C)(C)C[CH]OC(C)(C)C. The van der Waals surface area contributed by atoms with Crippen LogP contribution >= 0.6 is 0 Å². The van der Waals surface area contributed by atoms with Crippen LogP contribution in [0.1, 0.15) is 48.0 Å². The molecule has 0 unspecified atom stereocenters. The Morgan fingerprint density at radius 2 is 1.45 bits per heavy atom. The van der Waals surface area contributed by atoms with E-state index in [1.807, 2.05) is 6.61 Å². The van der Waals surface area contributed by atoms with Crippen LogP contribution in [-0.4, -0.2) is 5.60 Å². The van der Waals surface area contributed by atoms with E-state index in [1.165, 1.54) is 0 Å². The Balaban J connectivity index is 3.44. The average molecular weight is 157 g/mol. The maximum absolute atomic E-state index is 5.48. The van der Waals surface area contributed by atoms with Crippen LogP contribution in [0, 0.1) is 12.0 Å². The van der Waals surface area contributed by atoms with Crippen LogP contribution in [0.25, 0.3) is 0 Å². The molecule has 0 fully saturated rings. The summed E-state index contributed by atoms with van der Waals surface area (Å²) < 4.78 is 5.48. The van der Waals surface area contributed by atoms with Crippen LogP contribution in [0.2, 0.25) is 0 Å². The van der Waals surface area contributed by atoms with E-state index < -0.39 is 0 Å². The molecule has 0 spiro atoms. The lowest BCUT2D eigenvalue weighted by atomic mass is 9.93. The third kappa shape index (κ3) is 9.96. The van der Waals surface area contributed by atoms with E-state index >= 15 is 0 Å². The zero-order valence-electron chi connectivity index (χ0n) is 8.69. The second kappa shape index (κ2) is 3.57. The molecule has 0 aromatic heterocycles. The zero-order valence-corrected chi connectivity index (χ0v) is 8.69. The summed E-state index contributed by atoms with van der Waals surface area (Å²) in [6.07, 6.45) is 1.00. The Hall–Kier alpha value is -0.0400. The smallest absolute Gasteiger partial charge is 0.0849 e. The lowest BCUT2D eigenvalue weighted by molar-refractivity contribution is 0.0306. The standard InChI is InChI=1S/C10H21O/c1-9(2,3)7-8-11-10(4,5)6/h8H,7H2,1-6H3. The first-order chi connectivity index (χ1) is 4.71. The predicted octanol–water partition coefficient (Wildman–Crippen LogP) is 3.40. The van der Waals surface area contributed by atoms with Crippen LogP contribution in [0.4, 0.5) is 0 Å². The van der Waals surface area contributed by atoms with Crippen LogP contribution in [0.15, 0.2) is 0 Å². The van der Waals surface area contributed by atoms with E-state index in [0.29, 0.717) is 5.41 Å². The van der Waals surface area contributed by atoms with Crippen molar-refractivity contribution in [1.29, 1.82) is 0 Å². The van der Waals surface area contributed by atoms with Gasteiger partial charge in [0.1, 0.15) is 0 Å². The molecule has 67 valence electrons. The second-order valence-electron chi connectivity index (χ2n) is 5.16. The fourth-order valence-electron chi connectivity index (χ4n) is 0.542. The van der Waals surface area contributed by atoms with Gasteiger partial charge < -0.3 is 4.74 Å². The third-order valence-corrected chi connectivity index (χ3v) is 1.13. The van der Waals surface area contributed by atoms with E-state index in [2.05, 4.69) is 41.5 Å². The lowest BCUT2D eigenvalue weighted by Gasteiger charge is -2.23. The molecule has 11 heavy (non-hydrogen) atoms. The highest BCUT2D eigenvalue weighted by Crippen LogP contribution is 2.22. The number of hydrogen-bond donors (Lipinski definition) is 0. The van der Waals surface area contributed by atoms with Gasteiger partial charge in [-0.1, -0.05) is 20.8 Å². The lowest BCUT2D eigenvalue weighted by Crippen LogP contribution is -2.19. The van der Waals surface area contributed by atoms with Crippen molar-refractivity contribution >= 4 is 0 Å². The first-order valence-electron chi connectivity index (χ1n) is 4.20. The highest BCUT2D eigenvalue weighted by Gasteiger charge is 2.14. The minimum Gasteiger partial charge on any atom is -0.370 e. The topological polar surface area (TPSA) is 9.23 Å². The van der Waals surface area contributed by atoms with Gasteiger partial charge in [0, 0.05) is 0 Å². The van der Waals surface area contributed by atoms with Crippen LogP contribution in [0.5, 0.6) is 0 Å². The first-order valence-corrected chi connectivity index (χ1v) is 4.20. The molecule has 1 radical (unpaired) electrons. The molecule has 0 heterocycles. The van der Waals surface area contributed by atoms with E-state index in [-0.39, 0.29) is 5.60 Å². The minimum atomic E-state index is -0.0365. The maximum atomic E-state index is 5.48. The molecule has 0 amide bonds. The molecule has 0 aromatic rings. The summed E-state index contributed by atoms with van der Waals surface area (Å²) in [7, 11) is 0. The van der Waals surface area contributed by atoms with Crippen molar-refractivity contribution in [2.75, 3.05) is 0 Å². The summed E-state index contributed by atoms with van der Waals surface area (Å²) in [6.45, 7) is 14.7. The number of ether oxygens (including phenoxy) is 1. The Morgan fingerprint density at radius 1 is 1.00 bits per heavy atom. The van der Waals surface area contributed by atoms with Crippen molar-refractivity contribution < 1.29 is 4.74 Å². The normalized spacial score (nSPS) is 13.6. The Morgan fingerprint density at radius 3 is 1.73 bits per heavy atom. The maximum Gasteiger partial charge on any atom is 0.0849 e. The Bertz CT molecular complexity index is 89.0. The van der Waals surface area contributed by atoms with Gasteiger partial charge in [0.05, 0.1) is 12.2 Å². The first kappa shape index (κ1) is 11.0. The van der Waals surface area contributed by atoms with Crippen LogP contribution < -0.4 is 0 Å². The number of hydrogen-bond acceptors (Lipinski definition) is 1. The van der Waals surface area contributed by atoms with Crippen LogP contribution in [-0.2, 0) is 4.74 Å². The van der Waals surface area contributed by atoms with Gasteiger partial charge in [-0.15, -0.1) is 0 Å². The van der Waals surface area contributed by atoms with Crippen molar-refractivity contribution in [3.8, 4) is 0 Å². The van der Waals surface area contributed by atoms with Gasteiger partial charge in [-0.2, -0.15) is 0 Å². The fraction of sp³-hybridized carbons (Fsp3) is 0.900. The molecule has 0 atom stereocenters. The third-order valence-electron chi connectivity index (χ3n) is 1.13. The summed E-state index contributed by atoms with van der Waals surface area (Å²) in [5.41, 5.74) is 0.302. The Labute approximate surface area is 71.1 Å². The molecular weight excluding hydrogens is 136 g/mol. The Kier molecular flexibility index (Phi) is 3.56. The molecule has 1 heteroatoms. The van der Waals surface area contributed by atoms with Gasteiger partial charge in [0.25, 0.3) is 0 Å². The van der Waals surface area contributed by atoms with Gasteiger partial charge >= 0.3 is 0 Å². The molecule has 0 aliphatic carbocycles. The van der Waals surface area contributed by atoms with Crippen molar-refractivity contribution in [1.82, 2.24) is 0 Å². The summed E-state index contributed by atoms with van der Waals surface area (Å²) in [5.74, 6) is 0. The molecule has 0 rings (SSSR count). The second-order valence-corrected chi connectivity index (χ2v) is 5.16. The molecule has 0 N–H and O–H groups in total. The highest BCUT2D eigenvalue weighted by molar-refractivity contribution is 4.70. The van der Waals surface area contributed by atoms with E-state index in [4.69, 9.17) is 4.74 Å². The summed E-state index contributed by atoms with van der Waals surface area (Å²) >= 11 is 0. The van der Waals surface area contributed by atoms with Crippen molar-refractivity contribution in [3.63, 3.8) is 0 Å². The highest BCUT2D eigenvalue weighted by atomic mass is 16.5.